The molecule has 6 atom stereocenters. The van der Waals surface area contributed by atoms with Gasteiger partial charge in [-0.05, 0) is 0 Å². The highest BCUT2D eigenvalue weighted by atomic mass is 32.1. The predicted molar refractivity (Wildman–Crippen MR) is 102 cm³/mol. The van der Waals surface area contributed by atoms with Gasteiger partial charge in [0.05, 0.1) is 0 Å². The Morgan fingerprint density at radius 3 is 1.04 bits per heavy atom. The Morgan fingerprint density at radius 1 is 0.571 bits per heavy atom. The number of thiol groups is 4. The fourth-order valence-corrected chi connectivity index (χ4v) is 1.60. The lowest BCUT2D eigenvalue weighted by molar-refractivity contribution is -0.187. The lowest BCUT2D eigenvalue weighted by Crippen LogP contribution is -2.45. The molecule has 0 heterocycles. The molecule has 162 valence electrons. The summed E-state index contributed by atoms with van der Waals surface area (Å²) in [5.74, 6) is -5.25. The van der Waals surface area contributed by atoms with Crippen LogP contribution in [0.5, 0.6) is 0 Å². The minimum absolute atomic E-state index is 0.857. The first-order chi connectivity index (χ1) is 12.9. The molecule has 0 bridgehead atoms. The molecule has 0 spiro atoms. The third kappa shape index (κ3) is 10.6. The van der Waals surface area contributed by atoms with Crippen LogP contribution in [-0.4, -0.2) is 91.5 Å². The number of ether oxygens (including phenoxy) is 4. The summed E-state index contributed by atoms with van der Waals surface area (Å²) in [5, 5.41) is 36.2. The van der Waals surface area contributed by atoms with Gasteiger partial charge in [-0.25, -0.2) is 19.2 Å². The van der Waals surface area contributed by atoms with Crippen molar-refractivity contribution in [1.29, 1.82) is 0 Å². The normalized spacial score (nSPS) is 17.3. The highest BCUT2D eigenvalue weighted by molar-refractivity contribution is 7.82. The van der Waals surface area contributed by atoms with E-state index in [2.05, 4.69) is 60.0 Å². The molecule has 0 saturated carbocycles. The van der Waals surface area contributed by atoms with Crippen LogP contribution < -0.4 is 0 Å². The van der Waals surface area contributed by atoms with Crippen LogP contribution in [0.3, 0.4) is 0 Å². The molecule has 0 aliphatic heterocycles. The molecule has 16 heteroatoms. The lowest BCUT2D eigenvalue weighted by atomic mass is 10.2. The molecule has 0 aromatic carbocycles. The second kappa shape index (κ2) is 13.4. The Kier molecular flexibility index (Phi) is 12.9. The van der Waals surface area contributed by atoms with Crippen molar-refractivity contribution in [1.82, 2.24) is 0 Å². The molecule has 0 aromatic heterocycles. The number of carbonyl (C=O) groups is 4. The molecular formula is C12H18O12S4. The van der Waals surface area contributed by atoms with Crippen molar-refractivity contribution in [3.63, 3.8) is 0 Å². The molecular weight excluding hydrogens is 464 g/mol. The SMILES string of the molecule is O=C(OC[C@H](OC(=O)C(O)S)[C@@H](COC(=O)C(O)S)OC(=O)C(O)S)C(O)S. The fourth-order valence-electron chi connectivity index (χ4n) is 1.33. The van der Waals surface area contributed by atoms with Gasteiger partial charge < -0.3 is 39.4 Å². The maximum atomic E-state index is 11.6. The second-order valence-electron chi connectivity index (χ2n) is 4.71. The topological polar surface area (TPSA) is 186 Å². The highest BCUT2D eigenvalue weighted by Crippen LogP contribution is 2.13. The van der Waals surface area contributed by atoms with Crippen molar-refractivity contribution in [3.05, 3.63) is 0 Å². The van der Waals surface area contributed by atoms with Gasteiger partial charge in [0.25, 0.3) is 0 Å². The number of esters is 4. The molecule has 0 radical (unpaired) electrons. The fraction of sp³-hybridized carbons (Fsp3) is 0.667. The molecule has 0 aliphatic carbocycles. The summed E-state index contributed by atoms with van der Waals surface area (Å²) in [7, 11) is 0. The number of aliphatic hydroxyl groups excluding tert-OH is 4. The van der Waals surface area contributed by atoms with Crippen molar-refractivity contribution in [2.24, 2.45) is 0 Å². The van der Waals surface area contributed by atoms with Crippen LogP contribution in [0, 0.1) is 0 Å². The van der Waals surface area contributed by atoms with E-state index in [9.17, 15) is 19.2 Å². The molecule has 28 heavy (non-hydrogen) atoms. The van der Waals surface area contributed by atoms with Gasteiger partial charge in [-0.3, -0.25) is 0 Å². The summed E-state index contributed by atoms with van der Waals surface area (Å²) in [5.41, 5.74) is -7.54. The third-order valence-electron chi connectivity index (χ3n) is 2.57. The van der Waals surface area contributed by atoms with Gasteiger partial charge in [-0.15, -0.1) is 50.5 Å². The number of hydrogen-bond donors (Lipinski definition) is 8. The van der Waals surface area contributed by atoms with Gasteiger partial charge in [0, 0.05) is 0 Å². The van der Waals surface area contributed by atoms with Gasteiger partial charge in [-0.1, -0.05) is 0 Å². The molecule has 12 nitrogen and oxygen atoms in total. The van der Waals surface area contributed by atoms with E-state index in [1.165, 1.54) is 0 Å². The first-order valence-corrected chi connectivity index (χ1v) is 9.12. The van der Waals surface area contributed by atoms with Crippen LogP contribution in [0.25, 0.3) is 0 Å². The summed E-state index contributed by atoms with van der Waals surface area (Å²) < 4.78 is 18.7. The van der Waals surface area contributed by atoms with E-state index in [1.54, 1.807) is 0 Å². The van der Waals surface area contributed by atoms with Crippen molar-refractivity contribution in [3.8, 4) is 0 Å². The van der Waals surface area contributed by atoms with Crippen molar-refractivity contribution in [2.45, 2.75) is 34.0 Å². The van der Waals surface area contributed by atoms with Crippen molar-refractivity contribution in [2.75, 3.05) is 13.2 Å². The zero-order valence-corrected chi connectivity index (χ0v) is 17.3. The summed E-state index contributed by atoms with van der Waals surface area (Å²) in [6.07, 6.45) is -3.41. The van der Waals surface area contributed by atoms with E-state index in [-0.39, 0.29) is 0 Å². The second-order valence-corrected chi connectivity index (χ2v) is 6.66. The van der Waals surface area contributed by atoms with Gasteiger partial charge >= 0.3 is 23.9 Å². The predicted octanol–water partition coefficient (Wildman–Crippen LogP) is -3.11. The van der Waals surface area contributed by atoms with Crippen LogP contribution >= 0.6 is 50.5 Å². The van der Waals surface area contributed by atoms with E-state index < -0.39 is 71.0 Å². The monoisotopic (exact) mass is 482 g/mol. The number of hydrogen-bond acceptors (Lipinski definition) is 16. The standard InChI is InChI=1S/C12H18O12S4/c13-5(9(17)25)21-1-3(23-7(15)11(19)27)4(24-8(16)12(20)28)2-22-6(14)10(18)26/h3-4,9-12,17-20,25-28H,1-2H2/t3-,4+,9?,10?,11?,12?. The average molecular weight is 483 g/mol. The van der Waals surface area contributed by atoms with Gasteiger partial charge in [0.15, 0.2) is 34.0 Å². The maximum Gasteiger partial charge on any atom is 0.345 e. The highest BCUT2D eigenvalue weighted by Gasteiger charge is 2.34. The number of rotatable bonds is 11. The minimum Gasteiger partial charge on any atom is -0.459 e. The largest absolute Gasteiger partial charge is 0.459 e. The molecule has 0 aliphatic rings. The molecule has 0 aromatic rings. The Labute approximate surface area is 180 Å². The van der Waals surface area contributed by atoms with Gasteiger partial charge in [0.2, 0.25) is 0 Å². The van der Waals surface area contributed by atoms with Crippen LogP contribution in [0.15, 0.2) is 0 Å². The van der Waals surface area contributed by atoms with Crippen molar-refractivity contribution >= 4 is 74.4 Å². The number of aliphatic hydroxyl groups is 4. The quantitative estimate of drug-likeness (QED) is 0.0642. The Morgan fingerprint density at radius 2 is 0.821 bits per heavy atom. The molecule has 0 saturated heterocycles. The molecule has 4 N–H and O–H groups in total. The Bertz CT molecular complexity index is 505. The van der Waals surface area contributed by atoms with Gasteiger partial charge in [-0.2, -0.15) is 0 Å². The molecule has 0 fully saturated rings. The first-order valence-electron chi connectivity index (χ1n) is 7.05. The van der Waals surface area contributed by atoms with Gasteiger partial charge in [0.1, 0.15) is 13.2 Å². The summed E-state index contributed by atoms with van der Waals surface area (Å²) in [6, 6.07) is 0. The van der Waals surface area contributed by atoms with E-state index in [0.717, 1.165) is 0 Å². The Balaban J connectivity index is 5.47. The Hall–Kier alpha value is -0.880. The van der Waals surface area contributed by atoms with Crippen molar-refractivity contribution < 1.29 is 58.6 Å². The third-order valence-corrected chi connectivity index (χ3v) is 3.42. The number of carbonyl (C=O) groups excluding carboxylic acids is 4. The minimum atomic E-state index is -1.93. The summed E-state index contributed by atoms with van der Waals surface area (Å²) in [6.45, 7) is -1.71. The summed E-state index contributed by atoms with van der Waals surface area (Å²) >= 11 is 13.7. The lowest BCUT2D eigenvalue weighted by Gasteiger charge is -2.27. The van der Waals surface area contributed by atoms with Crippen LogP contribution in [0.2, 0.25) is 0 Å². The zero-order valence-electron chi connectivity index (χ0n) is 13.7. The van der Waals surface area contributed by atoms with Crippen LogP contribution in [-0.2, 0) is 38.1 Å². The van der Waals surface area contributed by atoms with Crippen LogP contribution in [0.1, 0.15) is 0 Å². The van der Waals surface area contributed by atoms with E-state index >= 15 is 0 Å². The molecule has 0 rings (SSSR count). The first kappa shape index (κ1) is 27.1. The van der Waals surface area contributed by atoms with Crippen LogP contribution in [0.4, 0.5) is 0 Å². The van der Waals surface area contributed by atoms with E-state index in [0.29, 0.717) is 0 Å². The summed E-state index contributed by atoms with van der Waals surface area (Å²) in [4.78, 5) is 45.8. The van der Waals surface area contributed by atoms with E-state index in [1.807, 2.05) is 0 Å². The average Bonchev–Trinajstić information content (AvgIpc) is 2.60. The molecule has 4 unspecified atom stereocenters. The maximum absolute atomic E-state index is 11.6. The zero-order chi connectivity index (χ0) is 22.0. The smallest absolute Gasteiger partial charge is 0.345 e. The molecule has 0 amide bonds. The van der Waals surface area contributed by atoms with E-state index in [4.69, 9.17) is 29.9 Å².